The van der Waals surface area contributed by atoms with Crippen LogP contribution in [0.3, 0.4) is 0 Å². The third-order valence-corrected chi connectivity index (χ3v) is 4.37. The van der Waals surface area contributed by atoms with Gasteiger partial charge in [-0.15, -0.1) is 0 Å². The van der Waals surface area contributed by atoms with Gasteiger partial charge in [-0.2, -0.15) is 9.78 Å². The Balaban J connectivity index is 2.00. The number of ether oxygens (including phenoxy) is 1. The van der Waals surface area contributed by atoms with Gasteiger partial charge in [0.15, 0.2) is 11.4 Å². The van der Waals surface area contributed by atoms with Gasteiger partial charge in [-0.25, -0.2) is 0 Å². The Bertz CT molecular complexity index is 1070. The zero-order valence-corrected chi connectivity index (χ0v) is 16.3. The maximum Gasteiger partial charge on any atom is 0.280 e. The van der Waals surface area contributed by atoms with Gasteiger partial charge in [0, 0.05) is 15.6 Å². The second-order valence-corrected chi connectivity index (χ2v) is 6.76. The van der Waals surface area contributed by atoms with Crippen molar-refractivity contribution in [1.29, 1.82) is 0 Å². The van der Waals surface area contributed by atoms with Crippen LogP contribution in [0.1, 0.15) is 10.5 Å². The van der Waals surface area contributed by atoms with Crippen molar-refractivity contribution in [2.75, 3.05) is 12.4 Å². The average Bonchev–Trinajstić information content (AvgIpc) is 2.63. The van der Waals surface area contributed by atoms with Crippen molar-refractivity contribution in [3.05, 3.63) is 74.1 Å². The monoisotopic (exact) mass is 449 g/mol. The topological polar surface area (TPSA) is 93.5 Å². The summed E-state index contributed by atoms with van der Waals surface area (Å²) in [5, 5.41) is 17.0. The van der Waals surface area contributed by atoms with E-state index < -0.39 is 17.2 Å². The standard InChI is InChI=1S/C18H13BrClN3O4/c1-27-15-7-4-11(20)8-13(15)21-18(26)17-14(24)9-16(25)23(22-17)12-5-2-10(19)3-6-12/h2-9,24H,1H3,(H,21,26). The first-order chi connectivity index (χ1) is 12.9. The SMILES string of the molecule is COc1ccc(Cl)cc1NC(=O)c1nn(-c2ccc(Br)cc2)c(=O)cc1O. The summed E-state index contributed by atoms with van der Waals surface area (Å²) < 4.78 is 7.02. The number of aromatic hydroxyl groups is 1. The molecule has 0 bridgehead atoms. The first-order valence-corrected chi connectivity index (χ1v) is 8.80. The third-order valence-electron chi connectivity index (χ3n) is 3.61. The van der Waals surface area contributed by atoms with Gasteiger partial charge < -0.3 is 15.2 Å². The van der Waals surface area contributed by atoms with Crippen molar-refractivity contribution in [1.82, 2.24) is 9.78 Å². The quantitative estimate of drug-likeness (QED) is 0.633. The Kier molecular flexibility index (Phi) is 5.48. The van der Waals surface area contributed by atoms with E-state index in [1.54, 1.807) is 36.4 Å². The molecule has 0 radical (unpaired) electrons. The van der Waals surface area contributed by atoms with Crippen LogP contribution in [0.4, 0.5) is 5.69 Å². The van der Waals surface area contributed by atoms with E-state index in [-0.39, 0.29) is 5.69 Å². The molecule has 7 nitrogen and oxygen atoms in total. The maximum absolute atomic E-state index is 12.6. The van der Waals surface area contributed by atoms with Crippen molar-refractivity contribution in [2.45, 2.75) is 0 Å². The van der Waals surface area contributed by atoms with Gasteiger partial charge in [0.05, 0.1) is 18.5 Å². The van der Waals surface area contributed by atoms with Crippen molar-refractivity contribution in [3.63, 3.8) is 0 Å². The van der Waals surface area contributed by atoms with E-state index >= 15 is 0 Å². The Morgan fingerprint density at radius 2 is 1.93 bits per heavy atom. The number of benzene rings is 2. The number of nitrogens with one attached hydrogen (secondary N) is 1. The number of rotatable bonds is 4. The summed E-state index contributed by atoms with van der Waals surface area (Å²) >= 11 is 9.26. The lowest BCUT2D eigenvalue weighted by atomic mass is 10.2. The largest absolute Gasteiger partial charge is 0.505 e. The molecule has 1 aromatic heterocycles. The normalized spacial score (nSPS) is 10.5. The molecule has 2 N–H and O–H groups in total. The molecular formula is C18H13BrClN3O4. The number of halogens is 2. The average molecular weight is 451 g/mol. The van der Waals surface area contributed by atoms with Crippen molar-refractivity contribution < 1.29 is 14.6 Å². The molecule has 3 rings (SSSR count). The molecule has 0 aliphatic rings. The number of anilines is 1. The molecule has 9 heteroatoms. The van der Waals surface area contributed by atoms with Crippen LogP contribution in [0.15, 0.2) is 57.8 Å². The number of hydrogen-bond acceptors (Lipinski definition) is 5. The third kappa shape index (κ3) is 4.12. The number of amides is 1. The van der Waals surface area contributed by atoms with E-state index in [0.29, 0.717) is 22.1 Å². The lowest BCUT2D eigenvalue weighted by Crippen LogP contribution is -2.25. The summed E-state index contributed by atoms with van der Waals surface area (Å²) in [5.74, 6) is -0.876. The second kappa shape index (κ2) is 7.81. The lowest BCUT2D eigenvalue weighted by Gasteiger charge is -2.12. The second-order valence-electron chi connectivity index (χ2n) is 5.40. The summed E-state index contributed by atoms with van der Waals surface area (Å²) in [6.45, 7) is 0. The van der Waals surface area contributed by atoms with Crippen LogP contribution >= 0.6 is 27.5 Å². The van der Waals surface area contributed by atoms with Crippen LogP contribution in [0.5, 0.6) is 11.5 Å². The molecule has 1 amide bonds. The molecule has 1 heterocycles. The zero-order chi connectivity index (χ0) is 19.6. The minimum absolute atomic E-state index is 0.303. The van der Waals surface area contributed by atoms with Gasteiger partial charge in [-0.3, -0.25) is 9.59 Å². The number of methoxy groups -OCH3 is 1. The van der Waals surface area contributed by atoms with Crippen LogP contribution < -0.4 is 15.6 Å². The summed E-state index contributed by atoms with van der Waals surface area (Å²) in [4.78, 5) is 24.8. The van der Waals surface area contributed by atoms with Crippen molar-refractivity contribution >= 4 is 39.1 Å². The van der Waals surface area contributed by atoms with Crippen molar-refractivity contribution in [2.24, 2.45) is 0 Å². The zero-order valence-electron chi connectivity index (χ0n) is 13.9. The molecule has 0 aliphatic heterocycles. The van der Waals surface area contributed by atoms with E-state index in [1.807, 2.05) is 0 Å². The summed E-state index contributed by atoms with van der Waals surface area (Å²) in [5.41, 5.74) is -0.151. The van der Waals surface area contributed by atoms with Gasteiger partial charge in [0.25, 0.3) is 11.5 Å². The van der Waals surface area contributed by atoms with Gasteiger partial charge in [0.2, 0.25) is 0 Å². The molecule has 0 fully saturated rings. The molecule has 2 aromatic carbocycles. The van der Waals surface area contributed by atoms with E-state index in [4.69, 9.17) is 16.3 Å². The predicted octanol–water partition coefficient (Wildman–Crippen LogP) is 3.61. The van der Waals surface area contributed by atoms with E-state index in [1.165, 1.54) is 13.2 Å². The highest BCUT2D eigenvalue weighted by molar-refractivity contribution is 9.10. The fourth-order valence-corrected chi connectivity index (χ4v) is 2.77. The minimum Gasteiger partial charge on any atom is -0.505 e. The molecule has 0 aliphatic carbocycles. The number of hydrogen-bond donors (Lipinski definition) is 2. The fourth-order valence-electron chi connectivity index (χ4n) is 2.34. The van der Waals surface area contributed by atoms with Gasteiger partial charge >= 0.3 is 0 Å². The van der Waals surface area contributed by atoms with Crippen LogP contribution in [0.25, 0.3) is 5.69 Å². The van der Waals surface area contributed by atoms with Crippen LogP contribution in [0.2, 0.25) is 5.02 Å². The van der Waals surface area contributed by atoms with E-state index in [0.717, 1.165) is 15.2 Å². The van der Waals surface area contributed by atoms with Gasteiger partial charge in [-0.05, 0) is 42.5 Å². The molecule has 138 valence electrons. The van der Waals surface area contributed by atoms with Crippen LogP contribution in [0, 0.1) is 0 Å². The first kappa shape index (κ1) is 18.9. The molecule has 0 saturated heterocycles. The molecular weight excluding hydrogens is 438 g/mol. The molecule has 0 saturated carbocycles. The molecule has 0 unspecified atom stereocenters. The molecule has 27 heavy (non-hydrogen) atoms. The number of aromatic nitrogens is 2. The number of carbonyl (C=O) groups is 1. The lowest BCUT2D eigenvalue weighted by molar-refractivity contribution is 0.101. The fraction of sp³-hybridized carbons (Fsp3) is 0.0556. The molecule has 0 spiro atoms. The van der Waals surface area contributed by atoms with Gasteiger partial charge in [0.1, 0.15) is 5.75 Å². The summed E-state index contributed by atoms with van der Waals surface area (Å²) in [6.07, 6.45) is 0. The minimum atomic E-state index is -0.723. The number of nitrogens with zero attached hydrogens (tertiary/aromatic N) is 2. The Morgan fingerprint density at radius 1 is 1.22 bits per heavy atom. The molecule has 3 aromatic rings. The molecule has 0 atom stereocenters. The van der Waals surface area contributed by atoms with Crippen molar-refractivity contribution in [3.8, 4) is 17.2 Å². The van der Waals surface area contributed by atoms with E-state index in [2.05, 4.69) is 26.3 Å². The number of carbonyl (C=O) groups excluding carboxylic acids is 1. The maximum atomic E-state index is 12.6. The van der Waals surface area contributed by atoms with Crippen LogP contribution in [-0.4, -0.2) is 27.9 Å². The Labute approximate surface area is 167 Å². The van der Waals surface area contributed by atoms with Crippen LogP contribution in [-0.2, 0) is 0 Å². The summed E-state index contributed by atoms with van der Waals surface area (Å²) in [7, 11) is 1.45. The highest BCUT2D eigenvalue weighted by Crippen LogP contribution is 2.28. The highest BCUT2D eigenvalue weighted by atomic mass is 79.9. The smallest absolute Gasteiger partial charge is 0.280 e. The summed E-state index contributed by atoms with van der Waals surface area (Å²) in [6, 6.07) is 12.4. The first-order valence-electron chi connectivity index (χ1n) is 7.63. The van der Waals surface area contributed by atoms with E-state index in [9.17, 15) is 14.7 Å². The van der Waals surface area contributed by atoms with Gasteiger partial charge in [-0.1, -0.05) is 27.5 Å². The Morgan fingerprint density at radius 3 is 2.59 bits per heavy atom. The highest BCUT2D eigenvalue weighted by Gasteiger charge is 2.18. The Hall–Kier alpha value is -2.84. The predicted molar refractivity (Wildman–Crippen MR) is 105 cm³/mol.